The zero-order chi connectivity index (χ0) is 16.9. The van der Waals surface area contributed by atoms with E-state index in [1.54, 1.807) is 18.2 Å². The van der Waals surface area contributed by atoms with Crippen LogP contribution in [0.4, 0.5) is 0 Å². The summed E-state index contributed by atoms with van der Waals surface area (Å²) in [6.07, 6.45) is 2.45. The molecule has 2 amide bonds. The highest BCUT2D eigenvalue weighted by molar-refractivity contribution is 6.30. The maximum Gasteiger partial charge on any atom is 0.244 e. The third-order valence-corrected chi connectivity index (χ3v) is 3.93. The Morgan fingerprint density at radius 3 is 3.12 bits per heavy atom. The van der Waals surface area contributed by atoms with Gasteiger partial charge in [0.05, 0.1) is 0 Å². The van der Waals surface area contributed by atoms with E-state index in [9.17, 15) is 9.59 Å². The van der Waals surface area contributed by atoms with Crippen LogP contribution in [-0.2, 0) is 16.1 Å². The molecule has 126 valence electrons. The summed E-state index contributed by atoms with van der Waals surface area (Å²) in [5.41, 5.74) is 0.720. The maximum atomic E-state index is 12.1. The molecule has 9 heteroatoms. The van der Waals surface area contributed by atoms with Crippen molar-refractivity contribution in [1.29, 1.82) is 0 Å². The number of benzene rings is 1. The molecule has 2 heterocycles. The molecule has 2 N–H and O–H groups in total. The summed E-state index contributed by atoms with van der Waals surface area (Å²) < 4.78 is 0. The first-order chi connectivity index (χ1) is 11.6. The van der Waals surface area contributed by atoms with Gasteiger partial charge in [-0.2, -0.15) is 4.80 Å². The van der Waals surface area contributed by atoms with E-state index >= 15 is 0 Å². The van der Waals surface area contributed by atoms with Crippen LogP contribution < -0.4 is 10.6 Å². The summed E-state index contributed by atoms with van der Waals surface area (Å²) in [5, 5.41) is 18.0. The van der Waals surface area contributed by atoms with Gasteiger partial charge in [0.25, 0.3) is 0 Å². The van der Waals surface area contributed by atoms with Gasteiger partial charge in [0.15, 0.2) is 0 Å². The van der Waals surface area contributed by atoms with E-state index in [2.05, 4.69) is 26.0 Å². The SMILES string of the molecule is O=C(Cn1nnc(-c2cccc(Cl)c2)n1)NC1CCCCNC1=O. The fraction of sp³-hybridized carbons (Fsp3) is 0.400. The van der Waals surface area contributed by atoms with Gasteiger partial charge in [-0.05, 0) is 36.6 Å². The summed E-state index contributed by atoms with van der Waals surface area (Å²) in [7, 11) is 0. The Bertz CT molecular complexity index is 747. The van der Waals surface area contributed by atoms with Crippen molar-refractivity contribution in [2.24, 2.45) is 0 Å². The predicted molar refractivity (Wildman–Crippen MR) is 87.1 cm³/mol. The quantitative estimate of drug-likeness (QED) is 0.850. The van der Waals surface area contributed by atoms with Gasteiger partial charge in [-0.25, -0.2) is 0 Å². The van der Waals surface area contributed by atoms with E-state index in [4.69, 9.17) is 11.6 Å². The van der Waals surface area contributed by atoms with Crippen molar-refractivity contribution < 1.29 is 9.59 Å². The van der Waals surface area contributed by atoms with Gasteiger partial charge in [0, 0.05) is 17.1 Å². The minimum Gasteiger partial charge on any atom is -0.354 e. The van der Waals surface area contributed by atoms with E-state index in [-0.39, 0.29) is 18.4 Å². The van der Waals surface area contributed by atoms with Crippen LogP contribution in [-0.4, -0.2) is 44.6 Å². The molecule has 0 aliphatic carbocycles. The van der Waals surface area contributed by atoms with Gasteiger partial charge in [-0.3, -0.25) is 9.59 Å². The van der Waals surface area contributed by atoms with Crippen LogP contribution in [0.5, 0.6) is 0 Å². The van der Waals surface area contributed by atoms with Gasteiger partial charge in [-0.15, -0.1) is 10.2 Å². The Hall–Kier alpha value is -2.48. The molecule has 1 unspecified atom stereocenters. The van der Waals surface area contributed by atoms with Crippen molar-refractivity contribution in [3.05, 3.63) is 29.3 Å². The molecule has 3 rings (SSSR count). The van der Waals surface area contributed by atoms with E-state index in [0.717, 1.165) is 18.4 Å². The third-order valence-electron chi connectivity index (χ3n) is 3.69. The first kappa shape index (κ1) is 16.4. The molecule has 0 bridgehead atoms. The molecule has 0 radical (unpaired) electrons. The molecule has 1 aliphatic rings. The van der Waals surface area contributed by atoms with Crippen LogP contribution in [0.25, 0.3) is 11.4 Å². The molecule has 0 spiro atoms. The normalized spacial score (nSPS) is 17.9. The zero-order valence-corrected chi connectivity index (χ0v) is 13.7. The smallest absolute Gasteiger partial charge is 0.244 e. The second kappa shape index (κ2) is 7.39. The van der Waals surface area contributed by atoms with Crippen molar-refractivity contribution in [3.63, 3.8) is 0 Å². The Morgan fingerprint density at radius 1 is 1.42 bits per heavy atom. The minimum absolute atomic E-state index is 0.0999. The summed E-state index contributed by atoms with van der Waals surface area (Å²) in [6.45, 7) is 0.552. The number of carbonyl (C=O) groups is 2. The van der Waals surface area contributed by atoms with E-state index in [1.165, 1.54) is 4.80 Å². The van der Waals surface area contributed by atoms with Crippen molar-refractivity contribution in [2.75, 3.05) is 6.54 Å². The first-order valence-electron chi connectivity index (χ1n) is 7.72. The van der Waals surface area contributed by atoms with Gasteiger partial charge < -0.3 is 10.6 Å². The number of rotatable bonds is 4. The van der Waals surface area contributed by atoms with Gasteiger partial charge in [-0.1, -0.05) is 23.7 Å². The fourth-order valence-corrected chi connectivity index (χ4v) is 2.69. The molecular weight excluding hydrogens is 332 g/mol. The maximum absolute atomic E-state index is 12.1. The number of hydrogen-bond acceptors (Lipinski definition) is 5. The van der Waals surface area contributed by atoms with Gasteiger partial charge in [0.2, 0.25) is 17.6 Å². The highest BCUT2D eigenvalue weighted by Crippen LogP contribution is 2.18. The molecule has 1 atom stereocenters. The molecule has 2 aromatic rings. The van der Waals surface area contributed by atoms with E-state index < -0.39 is 6.04 Å². The lowest BCUT2D eigenvalue weighted by Gasteiger charge is -2.14. The Kier molecular flexibility index (Phi) is 5.05. The molecule has 1 aromatic carbocycles. The molecule has 24 heavy (non-hydrogen) atoms. The molecule has 1 aromatic heterocycles. The van der Waals surface area contributed by atoms with Gasteiger partial charge in [0.1, 0.15) is 12.6 Å². The van der Waals surface area contributed by atoms with Crippen LogP contribution in [0.3, 0.4) is 0 Å². The monoisotopic (exact) mass is 348 g/mol. The number of halogens is 1. The number of amides is 2. The second-order valence-electron chi connectivity index (χ2n) is 5.56. The average molecular weight is 349 g/mol. The first-order valence-corrected chi connectivity index (χ1v) is 8.10. The lowest BCUT2D eigenvalue weighted by atomic mass is 10.1. The number of nitrogens with zero attached hydrogens (tertiary/aromatic N) is 4. The van der Waals surface area contributed by atoms with Gasteiger partial charge >= 0.3 is 0 Å². The average Bonchev–Trinajstić information content (AvgIpc) is 2.92. The van der Waals surface area contributed by atoms with E-state index in [1.807, 2.05) is 6.07 Å². The zero-order valence-electron chi connectivity index (χ0n) is 12.9. The van der Waals surface area contributed by atoms with E-state index in [0.29, 0.717) is 23.8 Å². The Morgan fingerprint density at radius 2 is 2.29 bits per heavy atom. The fourth-order valence-electron chi connectivity index (χ4n) is 2.50. The number of hydrogen-bond donors (Lipinski definition) is 2. The lowest BCUT2D eigenvalue weighted by molar-refractivity contribution is -0.129. The highest BCUT2D eigenvalue weighted by atomic mass is 35.5. The van der Waals surface area contributed by atoms with Crippen molar-refractivity contribution in [2.45, 2.75) is 31.8 Å². The number of nitrogens with one attached hydrogen (secondary N) is 2. The topological polar surface area (TPSA) is 102 Å². The number of aromatic nitrogens is 4. The summed E-state index contributed by atoms with van der Waals surface area (Å²) in [5.74, 6) is -0.0865. The molecule has 8 nitrogen and oxygen atoms in total. The summed E-state index contributed by atoms with van der Waals surface area (Å²) >= 11 is 5.94. The van der Waals surface area contributed by atoms with Crippen molar-refractivity contribution >= 4 is 23.4 Å². The minimum atomic E-state index is -0.504. The summed E-state index contributed by atoms with van der Waals surface area (Å²) in [6, 6.07) is 6.56. The van der Waals surface area contributed by atoms with Crippen LogP contribution in [0, 0.1) is 0 Å². The largest absolute Gasteiger partial charge is 0.354 e. The Labute approximate surface area is 143 Å². The van der Waals surface area contributed by atoms with Crippen LogP contribution >= 0.6 is 11.6 Å². The third kappa shape index (κ3) is 4.08. The van der Waals surface area contributed by atoms with Crippen molar-refractivity contribution in [3.8, 4) is 11.4 Å². The predicted octanol–water partition coefficient (Wildman–Crippen LogP) is 0.778. The Balaban J connectivity index is 1.62. The lowest BCUT2D eigenvalue weighted by Crippen LogP contribution is -2.46. The number of tetrazole rings is 1. The van der Waals surface area contributed by atoms with Crippen LogP contribution in [0.2, 0.25) is 5.02 Å². The number of carbonyl (C=O) groups excluding carboxylic acids is 2. The highest BCUT2D eigenvalue weighted by Gasteiger charge is 2.22. The van der Waals surface area contributed by atoms with Crippen molar-refractivity contribution in [1.82, 2.24) is 30.8 Å². The second-order valence-corrected chi connectivity index (χ2v) is 6.00. The molecular formula is C15H17ClN6O2. The molecule has 1 saturated heterocycles. The van der Waals surface area contributed by atoms with Crippen LogP contribution in [0.1, 0.15) is 19.3 Å². The molecule has 0 saturated carbocycles. The summed E-state index contributed by atoms with van der Waals surface area (Å²) in [4.78, 5) is 25.1. The molecule has 1 fully saturated rings. The standard InChI is InChI=1S/C15H17ClN6O2/c16-11-5-3-4-10(8-11)14-19-21-22(20-14)9-13(23)18-12-6-1-2-7-17-15(12)24/h3-5,8,12H,1-2,6-7,9H2,(H,17,24)(H,18,23). The molecule has 1 aliphatic heterocycles. The van der Waals surface area contributed by atoms with Crippen LogP contribution in [0.15, 0.2) is 24.3 Å².